The first-order chi connectivity index (χ1) is 10.2. The van der Waals surface area contributed by atoms with Gasteiger partial charge in [-0.3, -0.25) is 4.79 Å². The van der Waals surface area contributed by atoms with E-state index in [4.69, 9.17) is 0 Å². The topological polar surface area (TPSA) is 37.3 Å². The summed E-state index contributed by atoms with van der Waals surface area (Å²) in [6.45, 7) is 12.9. The molecular weight excluding hydrogens is 272 g/mol. The Morgan fingerprint density at radius 2 is 1.86 bits per heavy atom. The Bertz CT molecular complexity index is 556. The molecule has 0 aliphatic heterocycles. The fourth-order valence-electron chi connectivity index (χ4n) is 5.62. The highest BCUT2D eigenvalue weighted by Crippen LogP contribution is 2.62. The molecule has 3 aliphatic rings. The second kappa shape index (κ2) is 4.80. The van der Waals surface area contributed by atoms with E-state index >= 15 is 0 Å². The first kappa shape index (κ1) is 16.0. The second-order valence-corrected chi connectivity index (χ2v) is 8.91. The molecule has 3 aliphatic carbocycles. The first-order valence-corrected chi connectivity index (χ1v) is 8.76. The molecule has 0 aromatic carbocycles. The van der Waals surface area contributed by atoms with Crippen LogP contribution in [0.5, 0.6) is 0 Å². The van der Waals surface area contributed by atoms with Crippen molar-refractivity contribution in [2.45, 2.75) is 72.3 Å². The average Bonchev–Trinajstić information content (AvgIpc) is 2.44. The van der Waals surface area contributed by atoms with Crippen LogP contribution >= 0.6 is 0 Å². The van der Waals surface area contributed by atoms with Gasteiger partial charge in [0.15, 0.2) is 5.78 Å². The van der Waals surface area contributed by atoms with Crippen LogP contribution in [-0.2, 0) is 4.79 Å². The van der Waals surface area contributed by atoms with Crippen LogP contribution in [-0.4, -0.2) is 17.0 Å². The van der Waals surface area contributed by atoms with Gasteiger partial charge in [0.25, 0.3) is 0 Å². The van der Waals surface area contributed by atoms with Crippen LogP contribution in [0.2, 0.25) is 0 Å². The van der Waals surface area contributed by atoms with E-state index in [2.05, 4.69) is 27.4 Å². The molecule has 0 bridgehead atoms. The monoisotopic (exact) mass is 302 g/mol. The zero-order valence-electron chi connectivity index (χ0n) is 14.5. The largest absolute Gasteiger partial charge is 0.388 e. The van der Waals surface area contributed by atoms with E-state index in [1.165, 1.54) is 18.4 Å². The minimum atomic E-state index is -0.586. The number of carbonyl (C=O) groups excluding carboxylic acids is 1. The quantitative estimate of drug-likeness (QED) is 0.727. The predicted octanol–water partition coefficient (Wildman–Crippen LogP) is 4.44. The Kier molecular flexibility index (Phi) is 3.49. The van der Waals surface area contributed by atoms with Crippen molar-refractivity contribution in [3.05, 3.63) is 23.8 Å². The van der Waals surface area contributed by atoms with Crippen molar-refractivity contribution in [1.82, 2.24) is 0 Å². The lowest BCUT2D eigenvalue weighted by molar-refractivity contribution is -0.126. The van der Waals surface area contributed by atoms with Gasteiger partial charge in [0, 0.05) is 11.0 Å². The third-order valence-electron chi connectivity index (χ3n) is 7.14. The van der Waals surface area contributed by atoms with E-state index in [9.17, 15) is 9.90 Å². The van der Waals surface area contributed by atoms with Crippen LogP contribution < -0.4 is 0 Å². The number of hydrogen-bond donors (Lipinski definition) is 1. The summed E-state index contributed by atoms with van der Waals surface area (Å²) in [6, 6.07) is 0. The summed E-state index contributed by atoms with van der Waals surface area (Å²) < 4.78 is 0. The number of allylic oxidation sites excluding steroid dienone is 2. The molecule has 0 aromatic heterocycles. The Labute approximate surface area is 134 Å². The molecule has 1 N–H and O–H groups in total. The predicted molar refractivity (Wildman–Crippen MR) is 89.4 cm³/mol. The maximum absolute atomic E-state index is 13.0. The number of aliphatic hydroxyl groups is 1. The van der Waals surface area contributed by atoms with Gasteiger partial charge in [-0.2, -0.15) is 0 Å². The van der Waals surface area contributed by atoms with Gasteiger partial charge in [0.05, 0.1) is 6.10 Å². The van der Waals surface area contributed by atoms with E-state index < -0.39 is 11.5 Å². The fraction of sp³-hybridized carbons (Fsp3) is 0.750. The van der Waals surface area contributed by atoms with E-state index in [1.54, 1.807) is 6.08 Å². The lowest BCUT2D eigenvalue weighted by Gasteiger charge is -2.57. The number of fused-ring (bicyclic) bond motifs is 2. The molecule has 0 unspecified atom stereocenters. The van der Waals surface area contributed by atoms with Crippen LogP contribution in [0.25, 0.3) is 0 Å². The van der Waals surface area contributed by atoms with Crippen molar-refractivity contribution in [2.24, 2.45) is 22.2 Å². The van der Waals surface area contributed by atoms with Gasteiger partial charge in [-0.1, -0.05) is 38.8 Å². The zero-order chi connectivity index (χ0) is 16.3. The molecular formula is C20H30O2. The van der Waals surface area contributed by atoms with Crippen molar-refractivity contribution in [3.63, 3.8) is 0 Å². The number of Topliss-reactive ketones (excluding diaryl/α,β-unsaturated/α-hetero) is 1. The van der Waals surface area contributed by atoms with Gasteiger partial charge >= 0.3 is 0 Å². The van der Waals surface area contributed by atoms with Crippen LogP contribution in [0, 0.1) is 22.2 Å². The molecule has 0 saturated heterocycles. The lowest BCUT2D eigenvalue weighted by Crippen LogP contribution is -2.52. The molecule has 2 nitrogen and oxygen atoms in total. The van der Waals surface area contributed by atoms with Crippen LogP contribution in [0.15, 0.2) is 23.8 Å². The molecule has 0 radical (unpaired) electrons. The molecule has 22 heavy (non-hydrogen) atoms. The standard InChI is InChI=1S/C20H30O2/c1-6-19(4)11-8-13-16(17(19)22)14(21)12-15-18(2,3)9-7-10-20(13,15)5/h6,14-15,21H,1,7-12H2,2-5H3/t14-,15-,19-,20+/m0/s1. The van der Waals surface area contributed by atoms with Crippen LogP contribution in [0.4, 0.5) is 0 Å². The van der Waals surface area contributed by atoms with Gasteiger partial charge in [0.2, 0.25) is 0 Å². The SMILES string of the molecule is C=C[C@@]1(C)CCC2=C(C1=O)[C@@H](O)C[C@H]1C(C)(C)CCC[C@]21C. The molecule has 122 valence electrons. The highest BCUT2D eigenvalue weighted by Gasteiger charge is 2.56. The maximum Gasteiger partial charge on any atom is 0.171 e. The minimum absolute atomic E-state index is 0.0917. The number of aliphatic hydroxyl groups excluding tert-OH is 1. The normalized spacial score (nSPS) is 44.3. The lowest BCUT2D eigenvalue weighted by atomic mass is 9.47. The Morgan fingerprint density at radius 1 is 1.18 bits per heavy atom. The summed E-state index contributed by atoms with van der Waals surface area (Å²) in [7, 11) is 0. The fourth-order valence-corrected chi connectivity index (χ4v) is 5.62. The van der Waals surface area contributed by atoms with Crippen molar-refractivity contribution in [2.75, 3.05) is 0 Å². The molecule has 0 heterocycles. The van der Waals surface area contributed by atoms with Crippen LogP contribution in [0.1, 0.15) is 66.2 Å². The Balaban J connectivity index is 2.13. The molecule has 0 spiro atoms. The number of hydrogen-bond acceptors (Lipinski definition) is 2. The van der Waals surface area contributed by atoms with Crippen molar-refractivity contribution >= 4 is 5.78 Å². The summed E-state index contributed by atoms with van der Waals surface area (Å²) in [4.78, 5) is 13.0. The Hall–Kier alpha value is -0.890. The van der Waals surface area contributed by atoms with Gasteiger partial charge in [0.1, 0.15) is 0 Å². The van der Waals surface area contributed by atoms with Crippen molar-refractivity contribution in [1.29, 1.82) is 0 Å². The van der Waals surface area contributed by atoms with E-state index in [-0.39, 0.29) is 16.6 Å². The van der Waals surface area contributed by atoms with Gasteiger partial charge in [-0.25, -0.2) is 0 Å². The summed E-state index contributed by atoms with van der Waals surface area (Å²) in [5, 5.41) is 10.8. The smallest absolute Gasteiger partial charge is 0.171 e. The zero-order valence-corrected chi connectivity index (χ0v) is 14.5. The minimum Gasteiger partial charge on any atom is -0.388 e. The van der Waals surface area contributed by atoms with Gasteiger partial charge in [-0.15, -0.1) is 6.58 Å². The highest BCUT2D eigenvalue weighted by atomic mass is 16.3. The van der Waals surface area contributed by atoms with E-state index in [0.717, 1.165) is 31.3 Å². The third kappa shape index (κ3) is 1.99. The summed E-state index contributed by atoms with van der Waals surface area (Å²) in [6.07, 6.45) is 7.31. The van der Waals surface area contributed by atoms with Crippen molar-refractivity contribution in [3.8, 4) is 0 Å². The molecule has 1 fully saturated rings. The summed E-state index contributed by atoms with van der Waals surface area (Å²) >= 11 is 0. The highest BCUT2D eigenvalue weighted by molar-refractivity contribution is 6.03. The number of ketones is 1. The average molecular weight is 302 g/mol. The van der Waals surface area contributed by atoms with Gasteiger partial charge < -0.3 is 5.11 Å². The molecule has 3 rings (SSSR count). The van der Waals surface area contributed by atoms with Crippen LogP contribution in [0.3, 0.4) is 0 Å². The first-order valence-electron chi connectivity index (χ1n) is 8.76. The summed E-state index contributed by atoms with van der Waals surface area (Å²) in [5.41, 5.74) is 1.86. The maximum atomic E-state index is 13.0. The Morgan fingerprint density at radius 3 is 2.50 bits per heavy atom. The van der Waals surface area contributed by atoms with Crippen molar-refractivity contribution < 1.29 is 9.90 Å². The molecule has 1 saturated carbocycles. The number of rotatable bonds is 1. The number of carbonyl (C=O) groups is 1. The molecule has 0 amide bonds. The van der Waals surface area contributed by atoms with Gasteiger partial charge in [-0.05, 0) is 55.8 Å². The molecule has 0 aromatic rings. The molecule has 4 atom stereocenters. The van der Waals surface area contributed by atoms with E-state index in [0.29, 0.717) is 5.92 Å². The summed E-state index contributed by atoms with van der Waals surface area (Å²) in [5.74, 6) is 0.600. The second-order valence-electron chi connectivity index (χ2n) is 8.91. The molecule has 2 heteroatoms. The van der Waals surface area contributed by atoms with E-state index in [1.807, 2.05) is 6.92 Å². The third-order valence-corrected chi connectivity index (χ3v) is 7.14.